The summed E-state index contributed by atoms with van der Waals surface area (Å²) >= 11 is 0. The summed E-state index contributed by atoms with van der Waals surface area (Å²) in [5.41, 5.74) is 2.02. The zero-order chi connectivity index (χ0) is 22.9. The number of benzene rings is 2. The van der Waals surface area contributed by atoms with Gasteiger partial charge in [0.05, 0.1) is 22.5 Å². The molecule has 0 aliphatic heterocycles. The Morgan fingerprint density at radius 2 is 1.73 bits per heavy atom. The fourth-order valence-electron chi connectivity index (χ4n) is 4.26. The van der Waals surface area contributed by atoms with Crippen LogP contribution in [0.2, 0.25) is 0 Å². The van der Waals surface area contributed by atoms with Crippen molar-refractivity contribution >= 4 is 17.0 Å². The normalized spacial score (nSPS) is 18.4. The Morgan fingerprint density at radius 1 is 1.00 bits per heavy atom. The van der Waals surface area contributed by atoms with Crippen molar-refractivity contribution in [3.05, 3.63) is 66.4 Å². The second kappa shape index (κ2) is 8.61. The molecule has 2 aromatic carbocycles. The van der Waals surface area contributed by atoms with Crippen molar-refractivity contribution in [1.29, 1.82) is 0 Å². The lowest BCUT2D eigenvalue weighted by Gasteiger charge is -2.26. The van der Waals surface area contributed by atoms with Gasteiger partial charge >= 0.3 is 5.97 Å². The fraction of sp³-hybridized carbons (Fsp3) is 0.240. The zero-order valence-electron chi connectivity index (χ0n) is 17.6. The number of imidazole rings is 1. The van der Waals surface area contributed by atoms with E-state index in [0.717, 1.165) is 0 Å². The van der Waals surface area contributed by atoms with E-state index in [0.29, 0.717) is 53.7 Å². The van der Waals surface area contributed by atoms with Crippen molar-refractivity contribution in [3.63, 3.8) is 0 Å². The number of carbonyl (C=O) groups is 1. The average molecular weight is 449 g/mol. The van der Waals surface area contributed by atoms with Crippen molar-refractivity contribution < 1.29 is 23.4 Å². The topological polar surface area (TPSA) is 88.1 Å². The Labute approximate surface area is 188 Å². The van der Waals surface area contributed by atoms with Crippen molar-refractivity contribution in [3.8, 4) is 28.4 Å². The van der Waals surface area contributed by atoms with E-state index in [1.54, 1.807) is 24.3 Å². The Hall–Kier alpha value is -3.81. The van der Waals surface area contributed by atoms with Gasteiger partial charge in [0.25, 0.3) is 0 Å². The van der Waals surface area contributed by atoms with E-state index in [2.05, 4.69) is 15.0 Å². The van der Waals surface area contributed by atoms with Gasteiger partial charge in [-0.1, -0.05) is 12.1 Å². The molecular weight excluding hydrogens is 428 g/mol. The number of para-hydroxylation sites is 2. The van der Waals surface area contributed by atoms with Gasteiger partial charge in [-0.05, 0) is 61.6 Å². The predicted octanol–water partition coefficient (Wildman–Crippen LogP) is 5.59. The molecule has 2 N–H and O–H groups in total. The molecule has 0 saturated heterocycles. The molecule has 2 heterocycles. The first-order chi connectivity index (χ1) is 16.0. The van der Waals surface area contributed by atoms with E-state index < -0.39 is 17.6 Å². The number of rotatable bonds is 5. The van der Waals surface area contributed by atoms with E-state index in [9.17, 15) is 13.6 Å². The number of carboxylic acids is 1. The van der Waals surface area contributed by atoms with Crippen LogP contribution in [0.15, 0.2) is 54.7 Å². The SMILES string of the molecule is O=C(O)[C@H]1CC[C@@H](Oc2ccc(-c3cc(F)c(-c4nc5ccccc5[nH]4)c(F)c3)cn2)CC1. The van der Waals surface area contributed by atoms with Crippen LogP contribution in [0.5, 0.6) is 5.88 Å². The summed E-state index contributed by atoms with van der Waals surface area (Å²) in [6, 6.07) is 13.1. The van der Waals surface area contributed by atoms with Gasteiger partial charge in [0.15, 0.2) is 0 Å². The van der Waals surface area contributed by atoms with Crippen LogP contribution in [0.3, 0.4) is 0 Å². The second-order valence-corrected chi connectivity index (χ2v) is 8.23. The number of H-pyrrole nitrogens is 1. The van der Waals surface area contributed by atoms with Crippen molar-refractivity contribution in [2.45, 2.75) is 31.8 Å². The smallest absolute Gasteiger partial charge is 0.306 e. The molecule has 1 aliphatic carbocycles. The van der Waals surface area contributed by atoms with Crippen LogP contribution in [0.4, 0.5) is 8.78 Å². The number of carboxylic acid groups (broad SMARTS) is 1. The summed E-state index contributed by atoms with van der Waals surface area (Å²) in [7, 11) is 0. The highest BCUT2D eigenvalue weighted by Crippen LogP contribution is 2.32. The van der Waals surface area contributed by atoms with Gasteiger partial charge in [0.1, 0.15) is 23.6 Å². The summed E-state index contributed by atoms with van der Waals surface area (Å²) < 4.78 is 35.7. The second-order valence-electron chi connectivity index (χ2n) is 8.23. The standard InChI is InChI=1S/C25H21F2N3O3/c26-18-11-16(12-19(27)23(18)24-29-20-3-1-2-4-21(20)30-24)15-7-10-22(28-13-15)33-17-8-5-14(6-9-17)25(31)32/h1-4,7,10-14,17H,5-6,8-9H2,(H,29,30)(H,31,32)/t14-,17+. The number of aliphatic carboxylic acids is 1. The van der Waals surface area contributed by atoms with Crippen LogP contribution in [-0.4, -0.2) is 32.1 Å². The highest BCUT2D eigenvalue weighted by molar-refractivity contribution is 5.80. The van der Waals surface area contributed by atoms with Crippen LogP contribution in [0.1, 0.15) is 25.7 Å². The summed E-state index contributed by atoms with van der Waals surface area (Å²) in [5, 5.41) is 9.10. The maximum Gasteiger partial charge on any atom is 0.306 e. The van der Waals surface area contributed by atoms with Crippen molar-refractivity contribution in [2.75, 3.05) is 0 Å². The van der Waals surface area contributed by atoms with Gasteiger partial charge in [0.2, 0.25) is 5.88 Å². The third kappa shape index (κ3) is 4.28. The number of hydrogen-bond donors (Lipinski definition) is 2. The van der Waals surface area contributed by atoms with Crippen LogP contribution >= 0.6 is 0 Å². The first-order valence-electron chi connectivity index (χ1n) is 10.8. The Kier molecular flexibility index (Phi) is 5.50. The number of fused-ring (bicyclic) bond motifs is 1. The summed E-state index contributed by atoms with van der Waals surface area (Å²) in [6.07, 6.45) is 3.88. The van der Waals surface area contributed by atoms with Gasteiger partial charge in [0, 0.05) is 17.8 Å². The highest BCUT2D eigenvalue weighted by atomic mass is 19.1. The van der Waals surface area contributed by atoms with E-state index in [1.807, 2.05) is 12.1 Å². The van der Waals surface area contributed by atoms with Gasteiger partial charge in [-0.2, -0.15) is 0 Å². The first-order valence-corrected chi connectivity index (χ1v) is 10.8. The molecule has 4 aromatic rings. The van der Waals surface area contributed by atoms with Gasteiger partial charge in [-0.3, -0.25) is 4.79 Å². The number of ether oxygens (including phenoxy) is 1. The van der Waals surface area contributed by atoms with Crippen molar-refractivity contribution in [1.82, 2.24) is 15.0 Å². The lowest BCUT2D eigenvalue weighted by molar-refractivity contribution is -0.143. The Morgan fingerprint density at radius 3 is 2.36 bits per heavy atom. The van der Waals surface area contributed by atoms with E-state index in [1.165, 1.54) is 18.3 Å². The summed E-state index contributed by atoms with van der Waals surface area (Å²) in [5.74, 6) is -1.98. The molecule has 6 nitrogen and oxygen atoms in total. The Balaban J connectivity index is 1.33. The molecule has 1 aliphatic rings. The minimum absolute atomic E-state index is 0.0862. The van der Waals surface area contributed by atoms with Crippen LogP contribution in [-0.2, 0) is 4.79 Å². The van der Waals surface area contributed by atoms with E-state index >= 15 is 0 Å². The van der Waals surface area contributed by atoms with Crippen LogP contribution in [0.25, 0.3) is 33.5 Å². The van der Waals surface area contributed by atoms with Gasteiger partial charge in [-0.25, -0.2) is 18.7 Å². The number of aromatic amines is 1. The third-order valence-electron chi connectivity index (χ3n) is 6.05. The molecule has 5 rings (SSSR count). The maximum absolute atomic E-state index is 14.9. The molecule has 0 unspecified atom stereocenters. The van der Waals surface area contributed by atoms with E-state index in [4.69, 9.17) is 9.84 Å². The molecule has 2 aromatic heterocycles. The quantitative estimate of drug-likeness (QED) is 0.415. The number of aromatic nitrogens is 3. The van der Waals surface area contributed by atoms with Gasteiger partial charge in [-0.15, -0.1) is 0 Å². The van der Waals surface area contributed by atoms with Crippen LogP contribution < -0.4 is 4.74 Å². The molecule has 0 bridgehead atoms. The molecule has 8 heteroatoms. The molecule has 1 saturated carbocycles. The largest absolute Gasteiger partial charge is 0.481 e. The average Bonchev–Trinajstić information content (AvgIpc) is 3.23. The monoisotopic (exact) mass is 449 g/mol. The lowest BCUT2D eigenvalue weighted by atomic mass is 9.87. The molecule has 0 amide bonds. The first kappa shape index (κ1) is 21.1. The number of nitrogens with zero attached hydrogens (tertiary/aromatic N) is 2. The minimum Gasteiger partial charge on any atom is -0.481 e. The number of hydrogen-bond acceptors (Lipinski definition) is 4. The van der Waals surface area contributed by atoms with Gasteiger partial charge < -0.3 is 14.8 Å². The fourth-order valence-corrected chi connectivity index (χ4v) is 4.26. The van der Waals surface area contributed by atoms with Crippen LogP contribution in [0, 0.1) is 17.6 Å². The molecular formula is C25H21F2N3O3. The molecule has 168 valence electrons. The maximum atomic E-state index is 14.9. The molecule has 1 fully saturated rings. The third-order valence-corrected chi connectivity index (χ3v) is 6.05. The summed E-state index contributed by atoms with van der Waals surface area (Å²) in [6.45, 7) is 0. The predicted molar refractivity (Wildman–Crippen MR) is 119 cm³/mol. The molecule has 0 spiro atoms. The number of nitrogens with one attached hydrogen (secondary N) is 1. The number of pyridine rings is 1. The van der Waals surface area contributed by atoms with E-state index in [-0.39, 0.29) is 23.4 Å². The van der Waals surface area contributed by atoms with Crippen molar-refractivity contribution in [2.24, 2.45) is 5.92 Å². The molecule has 0 atom stereocenters. The molecule has 33 heavy (non-hydrogen) atoms. The highest BCUT2D eigenvalue weighted by Gasteiger charge is 2.27. The molecule has 0 radical (unpaired) electrons. The lowest BCUT2D eigenvalue weighted by Crippen LogP contribution is -2.28. The summed E-state index contributed by atoms with van der Waals surface area (Å²) in [4.78, 5) is 22.6. The number of halogens is 2. The Bertz CT molecular complexity index is 1260. The minimum atomic E-state index is -0.762. The zero-order valence-corrected chi connectivity index (χ0v) is 17.6.